The molecule has 0 amide bonds. The smallest absolute Gasteiger partial charge is 0.180 e. The molecule has 6 rings (SSSR count). The van der Waals surface area contributed by atoms with Gasteiger partial charge >= 0.3 is 0 Å². The molecule has 0 radical (unpaired) electrons. The molecule has 0 saturated heterocycles. The third-order valence-electron chi connectivity index (χ3n) is 6.18. The molecule has 3 aromatic heterocycles. The van der Waals surface area contributed by atoms with Gasteiger partial charge in [0, 0.05) is 35.5 Å². The minimum Gasteiger partial charge on any atom is -0.366 e. The van der Waals surface area contributed by atoms with Crippen LogP contribution in [0.15, 0.2) is 91.0 Å². The van der Waals surface area contributed by atoms with E-state index in [9.17, 15) is 0 Å². The molecular weight excluding hydrogens is 448 g/mol. The number of hydrogen-bond acceptors (Lipinski definition) is 6. The molecule has 8 nitrogen and oxygen atoms in total. The Balaban J connectivity index is 1.26. The highest BCUT2D eigenvalue weighted by molar-refractivity contribution is 5.80. The number of aromatic amines is 1. The molecule has 0 aliphatic carbocycles. The number of H-pyrrole nitrogens is 1. The predicted octanol–water partition coefficient (Wildman–Crippen LogP) is 5.42. The first-order chi connectivity index (χ1) is 17.8. The molecule has 0 saturated carbocycles. The van der Waals surface area contributed by atoms with Gasteiger partial charge in [-0.1, -0.05) is 85.8 Å². The summed E-state index contributed by atoms with van der Waals surface area (Å²) in [4.78, 5) is 4.77. The van der Waals surface area contributed by atoms with Gasteiger partial charge in [-0.25, -0.2) is 10.1 Å². The first-order valence-corrected chi connectivity index (χ1v) is 11.9. The zero-order valence-corrected chi connectivity index (χ0v) is 19.8. The highest BCUT2D eigenvalue weighted by Gasteiger charge is 2.12. The van der Waals surface area contributed by atoms with Gasteiger partial charge in [-0.15, -0.1) is 5.10 Å². The summed E-state index contributed by atoms with van der Waals surface area (Å²) in [6, 6.07) is 30.9. The molecule has 3 heterocycles. The van der Waals surface area contributed by atoms with Gasteiger partial charge < -0.3 is 5.32 Å². The summed E-state index contributed by atoms with van der Waals surface area (Å²) >= 11 is 0. The third kappa shape index (κ3) is 4.20. The quantitative estimate of drug-likeness (QED) is 0.322. The van der Waals surface area contributed by atoms with Gasteiger partial charge in [0.15, 0.2) is 11.5 Å². The fraction of sp³-hybridized carbons (Fsp3) is 0.107. The highest BCUT2D eigenvalue weighted by atomic mass is 15.5. The van der Waals surface area contributed by atoms with E-state index in [2.05, 4.69) is 81.4 Å². The third-order valence-corrected chi connectivity index (χ3v) is 6.18. The number of aryl methyl sites for hydroxylation is 1. The van der Waals surface area contributed by atoms with E-state index in [0.717, 1.165) is 57.1 Å². The number of hydrogen-bond donors (Lipinski definition) is 2. The largest absolute Gasteiger partial charge is 0.366 e. The number of fused-ring (bicyclic) bond motifs is 1. The zero-order chi connectivity index (χ0) is 24.3. The van der Waals surface area contributed by atoms with E-state index < -0.39 is 0 Å². The van der Waals surface area contributed by atoms with Crippen LogP contribution in [0.2, 0.25) is 0 Å². The number of aromatic nitrogens is 7. The Morgan fingerprint density at radius 3 is 2.36 bits per heavy atom. The number of benzene rings is 3. The summed E-state index contributed by atoms with van der Waals surface area (Å²) in [7, 11) is 0. The van der Waals surface area contributed by atoms with Gasteiger partial charge in [-0.2, -0.15) is 9.61 Å². The normalized spacial score (nSPS) is 11.1. The summed E-state index contributed by atoms with van der Waals surface area (Å²) in [5.41, 5.74) is 8.15. The second-order valence-corrected chi connectivity index (χ2v) is 8.50. The van der Waals surface area contributed by atoms with Crippen LogP contribution in [-0.4, -0.2) is 35.2 Å². The summed E-state index contributed by atoms with van der Waals surface area (Å²) in [5, 5.41) is 22.7. The molecule has 0 fully saturated rings. The average Bonchev–Trinajstić information content (AvgIpc) is 3.63. The van der Waals surface area contributed by atoms with Crippen molar-refractivity contribution < 1.29 is 0 Å². The molecule has 176 valence electrons. The lowest BCUT2D eigenvalue weighted by atomic mass is 9.98. The van der Waals surface area contributed by atoms with Crippen LogP contribution >= 0.6 is 0 Å². The van der Waals surface area contributed by atoms with Gasteiger partial charge in [0.2, 0.25) is 0 Å². The first-order valence-electron chi connectivity index (χ1n) is 11.9. The van der Waals surface area contributed by atoms with Crippen LogP contribution in [0.1, 0.15) is 18.2 Å². The van der Waals surface area contributed by atoms with Crippen molar-refractivity contribution in [3.05, 3.63) is 102 Å². The lowest BCUT2D eigenvalue weighted by molar-refractivity contribution is 0.881. The van der Waals surface area contributed by atoms with Crippen LogP contribution in [0.4, 0.5) is 5.82 Å². The van der Waals surface area contributed by atoms with Gasteiger partial charge in [0.25, 0.3) is 0 Å². The van der Waals surface area contributed by atoms with Crippen LogP contribution in [0.25, 0.3) is 39.4 Å². The first kappa shape index (κ1) is 21.7. The molecule has 8 heteroatoms. The van der Waals surface area contributed by atoms with Crippen molar-refractivity contribution in [1.82, 2.24) is 35.2 Å². The van der Waals surface area contributed by atoms with Crippen molar-refractivity contribution in [2.24, 2.45) is 0 Å². The Labute approximate surface area is 208 Å². The standard InChI is InChI=1S/C28H24N8/c1-2-22-16-26(36-27(30-22)17-25(33-36)21-8-4-3-5-9-21)29-18-19-12-14-20(15-13-19)23-10-6-7-11-24(23)28-31-34-35-32-28/h3-17,29H,2,18H2,1H3,(H,31,32,34,35). The number of nitrogens with one attached hydrogen (secondary N) is 2. The fourth-order valence-corrected chi connectivity index (χ4v) is 4.29. The van der Waals surface area contributed by atoms with Crippen molar-refractivity contribution in [2.45, 2.75) is 19.9 Å². The van der Waals surface area contributed by atoms with Gasteiger partial charge in [0.1, 0.15) is 5.82 Å². The highest BCUT2D eigenvalue weighted by Crippen LogP contribution is 2.30. The average molecular weight is 473 g/mol. The number of anilines is 1. The summed E-state index contributed by atoms with van der Waals surface area (Å²) in [6.07, 6.45) is 0.853. The second-order valence-electron chi connectivity index (χ2n) is 8.50. The Morgan fingerprint density at radius 1 is 0.833 bits per heavy atom. The van der Waals surface area contributed by atoms with Crippen molar-refractivity contribution in [3.8, 4) is 33.8 Å². The topological polar surface area (TPSA) is 96.7 Å². The molecule has 0 unspecified atom stereocenters. The lowest BCUT2D eigenvalue weighted by Gasteiger charge is -2.11. The Kier molecular flexibility index (Phi) is 5.67. The summed E-state index contributed by atoms with van der Waals surface area (Å²) in [6.45, 7) is 2.78. The maximum absolute atomic E-state index is 4.83. The van der Waals surface area contributed by atoms with Crippen LogP contribution in [0.5, 0.6) is 0 Å². The predicted molar refractivity (Wildman–Crippen MR) is 140 cm³/mol. The van der Waals surface area contributed by atoms with Crippen molar-refractivity contribution in [3.63, 3.8) is 0 Å². The van der Waals surface area contributed by atoms with Crippen LogP contribution in [0.3, 0.4) is 0 Å². The fourth-order valence-electron chi connectivity index (χ4n) is 4.29. The van der Waals surface area contributed by atoms with E-state index in [4.69, 9.17) is 10.1 Å². The number of rotatable bonds is 7. The number of nitrogens with zero attached hydrogens (tertiary/aromatic N) is 6. The molecule has 3 aromatic carbocycles. The van der Waals surface area contributed by atoms with E-state index in [-0.39, 0.29) is 0 Å². The Hall–Kier alpha value is -4.85. The van der Waals surface area contributed by atoms with Gasteiger partial charge in [0.05, 0.1) is 5.69 Å². The van der Waals surface area contributed by atoms with Crippen LogP contribution in [-0.2, 0) is 13.0 Å². The van der Waals surface area contributed by atoms with E-state index >= 15 is 0 Å². The molecule has 0 bridgehead atoms. The van der Waals surface area contributed by atoms with Crippen LogP contribution < -0.4 is 5.32 Å². The number of tetrazole rings is 1. The molecular formula is C28H24N8. The van der Waals surface area contributed by atoms with E-state index in [1.165, 1.54) is 0 Å². The molecule has 2 N–H and O–H groups in total. The summed E-state index contributed by atoms with van der Waals surface area (Å²) in [5.74, 6) is 1.57. The molecule has 0 spiro atoms. The molecule has 6 aromatic rings. The molecule has 0 atom stereocenters. The molecule has 0 aliphatic rings. The van der Waals surface area contributed by atoms with E-state index in [1.54, 1.807) is 0 Å². The Bertz CT molecular complexity index is 1600. The van der Waals surface area contributed by atoms with Gasteiger partial charge in [-0.05, 0) is 33.5 Å². The monoisotopic (exact) mass is 472 g/mol. The minimum atomic E-state index is 0.652. The summed E-state index contributed by atoms with van der Waals surface area (Å²) < 4.78 is 1.89. The molecule has 0 aliphatic heterocycles. The zero-order valence-electron chi connectivity index (χ0n) is 19.8. The van der Waals surface area contributed by atoms with E-state index in [1.807, 2.05) is 47.0 Å². The molecule has 36 heavy (non-hydrogen) atoms. The van der Waals surface area contributed by atoms with Crippen molar-refractivity contribution in [1.29, 1.82) is 0 Å². The second kappa shape index (κ2) is 9.42. The van der Waals surface area contributed by atoms with Gasteiger partial charge in [-0.3, -0.25) is 0 Å². The van der Waals surface area contributed by atoms with E-state index in [0.29, 0.717) is 12.4 Å². The SMILES string of the molecule is CCc1cc(NCc2ccc(-c3ccccc3-c3nnn[nH]3)cc2)n2nc(-c3ccccc3)cc2n1. The van der Waals surface area contributed by atoms with Crippen LogP contribution in [0, 0.1) is 0 Å². The lowest BCUT2D eigenvalue weighted by Crippen LogP contribution is -2.07. The maximum Gasteiger partial charge on any atom is 0.180 e. The van der Waals surface area contributed by atoms with Crippen molar-refractivity contribution in [2.75, 3.05) is 5.32 Å². The maximum atomic E-state index is 4.83. The Morgan fingerprint density at radius 2 is 1.61 bits per heavy atom. The minimum absolute atomic E-state index is 0.652. The van der Waals surface area contributed by atoms with Crippen molar-refractivity contribution >= 4 is 11.5 Å².